The van der Waals surface area contributed by atoms with Crippen LogP contribution < -0.4 is 16.8 Å². The quantitative estimate of drug-likeness (QED) is 0.158. The smallest absolute Gasteiger partial charge is 0.0797 e. The van der Waals surface area contributed by atoms with Crippen molar-refractivity contribution in [1.29, 1.82) is 0 Å². The summed E-state index contributed by atoms with van der Waals surface area (Å²) in [5.41, 5.74) is 14.7. The van der Waals surface area contributed by atoms with Gasteiger partial charge in [-0.25, -0.2) is 0 Å². The van der Waals surface area contributed by atoms with Crippen LogP contribution in [0.4, 0.5) is 11.4 Å². The molecule has 0 spiro atoms. The van der Waals surface area contributed by atoms with E-state index in [4.69, 9.17) is 52.1 Å². The highest BCUT2D eigenvalue weighted by atomic mass is 35.5. The summed E-state index contributed by atoms with van der Waals surface area (Å²) < 4.78 is 0. The zero-order valence-corrected chi connectivity index (χ0v) is 21.7. The van der Waals surface area contributed by atoms with Crippen molar-refractivity contribution in [3.05, 3.63) is 68.1 Å². The number of nitrogens with two attached hydrogens (primary N) is 2. The van der Waals surface area contributed by atoms with Gasteiger partial charge in [0.1, 0.15) is 0 Å². The minimum absolute atomic E-state index is 0.490. The fourth-order valence-electron chi connectivity index (χ4n) is 3.34. The SMILES string of the molecule is CC.CN.NC=NCCc1cc(Nc2ccc(Cl)c(Cl)c2)cc2c1[nH]c1cc(Cl)c(Cl)cc12. The molecular formula is C24H27Cl4N5. The standard InChI is InChI=1S/C21H16Cl4N4.C2H6.CH5N/c22-16-2-1-12(7-17(16)23)28-13-5-11(3-4-27-10-26)21-15(6-13)14-8-18(24)19(25)9-20(14)29-21;2*1-2/h1-2,5-10,28-29H,3-4H2,(H2,26,27);1-2H3;2H2,1H3. The van der Waals surface area contributed by atoms with Crippen LogP contribution in [-0.2, 0) is 6.42 Å². The van der Waals surface area contributed by atoms with Gasteiger partial charge in [-0.3, -0.25) is 4.99 Å². The molecule has 3 aromatic carbocycles. The lowest BCUT2D eigenvalue weighted by Gasteiger charge is -2.11. The summed E-state index contributed by atoms with van der Waals surface area (Å²) in [5, 5.41) is 7.45. The Labute approximate surface area is 214 Å². The van der Waals surface area contributed by atoms with E-state index < -0.39 is 0 Å². The number of aliphatic imine (C=N–C) groups is 1. The number of rotatable bonds is 5. The van der Waals surface area contributed by atoms with Gasteiger partial charge in [0.15, 0.2) is 0 Å². The molecule has 0 unspecified atom stereocenters. The summed E-state index contributed by atoms with van der Waals surface area (Å²) >= 11 is 24.6. The van der Waals surface area contributed by atoms with Crippen LogP contribution in [-0.4, -0.2) is 24.9 Å². The van der Waals surface area contributed by atoms with Crippen LogP contribution in [0.5, 0.6) is 0 Å². The number of hydrogen-bond acceptors (Lipinski definition) is 3. The number of aromatic amines is 1. The molecule has 33 heavy (non-hydrogen) atoms. The van der Waals surface area contributed by atoms with Gasteiger partial charge in [0, 0.05) is 39.7 Å². The van der Waals surface area contributed by atoms with Crippen molar-refractivity contribution in [3.8, 4) is 0 Å². The summed E-state index contributed by atoms with van der Waals surface area (Å²) in [4.78, 5) is 7.59. The van der Waals surface area contributed by atoms with Crippen LogP contribution in [0.1, 0.15) is 19.4 Å². The summed E-state index contributed by atoms with van der Waals surface area (Å²) in [5.74, 6) is 0. The molecular weight excluding hydrogens is 500 g/mol. The molecule has 0 atom stereocenters. The summed E-state index contributed by atoms with van der Waals surface area (Å²) in [6.07, 6.45) is 2.04. The minimum Gasteiger partial charge on any atom is -0.390 e. The van der Waals surface area contributed by atoms with Gasteiger partial charge in [-0.1, -0.05) is 60.3 Å². The first-order valence-electron chi connectivity index (χ1n) is 10.4. The molecule has 0 bridgehead atoms. The third kappa shape index (κ3) is 6.46. The van der Waals surface area contributed by atoms with Gasteiger partial charge in [0.25, 0.3) is 0 Å². The molecule has 0 amide bonds. The van der Waals surface area contributed by atoms with E-state index in [9.17, 15) is 0 Å². The van der Waals surface area contributed by atoms with Gasteiger partial charge in [-0.15, -0.1) is 0 Å². The number of fused-ring (bicyclic) bond motifs is 3. The molecule has 0 aliphatic heterocycles. The Morgan fingerprint density at radius 3 is 2.18 bits per heavy atom. The van der Waals surface area contributed by atoms with E-state index in [0.717, 1.165) is 45.2 Å². The molecule has 9 heteroatoms. The van der Waals surface area contributed by atoms with Gasteiger partial charge in [0.2, 0.25) is 0 Å². The van der Waals surface area contributed by atoms with Gasteiger partial charge >= 0.3 is 0 Å². The highest BCUT2D eigenvalue weighted by molar-refractivity contribution is 6.43. The molecule has 0 fully saturated rings. The second kappa shape index (κ2) is 12.9. The van der Waals surface area contributed by atoms with Crippen LogP contribution >= 0.6 is 46.4 Å². The van der Waals surface area contributed by atoms with Crippen molar-refractivity contribution in [2.75, 3.05) is 18.9 Å². The summed E-state index contributed by atoms with van der Waals surface area (Å²) in [6.45, 7) is 4.58. The average molecular weight is 527 g/mol. The van der Waals surface area contributed by atoms with Crippen LogP contribution in [0.25, 0.3) is 21.8 Å². The average Bonchev–Trinajstić information content (AvgIpc) is 3.17. The molecule has 176 valence electrons. The number of nitrogens with one attached hydrogen (secondary N) is 2. The van der Waals surface area contributed by atoms with Crippen LogP contribution in [0, 0.1) is 0 Å². The van der Waals surface area contributed by atoms with E-state index in [2.05, 4.69) is 33.2 Å². The maximum atomic E-state index is 6.27. The van der Waals surface area contributed by atoms with E-state index in [1.54, 1.807) is 12.1 Å². The molecule has 1 aromatic heterocycles. The lowest BCUT2D eigenvalue weighted by Crippen LogP contribution is -1.97. The molecule has 1 heterocycles. The lowest BCUT2D eigenvalue weighted by atomic mass is 10.0. The molecule has 0 saturated heterocycles. The van der Waals surface area contributed by atoms with Crippen LogP contribution in [0.3, 0.4) is 0 Å². The topological polar surface area (TPSA) is 92.2 Å². The normalized spacial score (nSPS) is 10.7. The number of H-pyrrole nitrogens is 1. The van der Waals surface area contributed by atoms with Crippen LogP contribution in [0.2, 0.25) is 20.1 Å². The molecule has 0 aliphatic rings. The van der Waals surface area contributed by atoms with Gasteiger partial charge in [0.05, 0.1) is 26.4 Å². The molecule has 5 nitrogen and oxygen atoms in total. The van der Waals surface area contributed by atoms with E-state index >= 15 is 0 Å². The maximum Gasteiger partial charge on any atom is 0.0797 e. The summed E-state index contributed by atoms with van der Waals surface area (Å²) in [7, 11) is 1.50. The number of anilines is 2. The maximum absolute atomic E-state index is 6.27. The molecule has 0 saturated carbocycles. The molecule has 4 rings (SSSR count). The molecule has 6 N–H and O–H groups in total. The predicted octanol–water partition coefficient (Wildman–Crippen LogP) is 7.81. The number of halogens is 4. The van der Waals surface area contributed by atoms with Gasteiger partial charge < -0.3 is 21.8 Å². The monoisotopic (exact) mass is 525 g/mol. The Hall–Kier alpha value is -2.15. The van der Waals surface area contributed by atoms with E-state index in [0.29, 0.717) is 26.6 Å². The Morgan fingerprint density at radius 1 is 0.848 bits per heavy atom. The van der Waals surface area contributed by atoms with E-state index in [-0.39, 0.29) is 0 Å². The van der Waals surface area contributed by atoms with E-state index in [1.165, 1.54) is 13.4 Å². The second-order valence-electron chi connectivity index (χ2n) is 6.55. The third-order valence-electron chi connectivity index (χ3n) is 4.65. The molecule has 4 aromatic rings. The summed E-state index contributed by atoms with van der Waals surface area (Å²) in [6, 6.07) is 13.3. The highest BCUT2D eigenvalue weighted by Gasteiger charge is 2.13. The van der Waals surface area contributed by atoms with Crippen molar-refractivity contribution >= 4 is 85.9 Å². The first-order valence-corrected chi connectivity index (χ1v) is 11.9. The van der Waals surface area contributed by atoms with E-state index in [1.807, 2.05) is 32.0 Å². The zero-order valence-electron chi connectivity index (χ0n) is 18.6. The third-order valence-corrected chi connectivity index (χ3v) is 6.12. The van der Waals surface area contributed by atoms with Crippen molar-refractivity contribution in [3.63, 3.8) is 0 Å². The number of aromatic nitrogens is 1. The van der Waals surface area contributed by atoms with Crippen molar-refractivity contribution in [2.45, 2.75) is 20.3 Å². The van der Waals surface area contributed by atoms with Crippen molar-refractivity contribution < 1.29 is 0 Å². The number of hydrogen-bond donors (Lipinski definition) is 4. The Morgan fingerprint density at radius 2 is 1.52 bits per heavy atom. The van der Waals surface area contributed by atoms with Gasteiger partial charge in [-0.05, 0) is 61.5 Å². The zero-order chi connectivity index (χ0) is 24.5. The Balaban J connectivity index is 0.000000914. The Bertz CT molecular complexity index is 1250. The first kappa shape index (κ1) is 27.1. The second-order valence-corrected chi connectivity index (χ2v) is 8.18. The van der Waals surface area contributed by atoms with Crippen molar-refractivity contribution in [2.24, 2.45) is 16.5 Å². The van der Waals surface area contributed by atoms with Crippen LogP contribution in [0.15, 0.2) is 47.5 Å². The number of nitrogens with zero attached hydrogens (tertiary/aromatic N) is 1. The molecule has 0 radical (unpaired) electrons. The minimum atomic E-state index is 0.490. The van der Waals surface area contributed by atoms with Gasteiger partial charge in [-0.2, -0.15) is 0 Å². The first-order chi connectivity index (χ1) is 16.0. The number of benzene rings is 3. The predicted molar refractivity (Wildman–Crippen MR) is 148 cm³/mol. The molecule has 0 aliphatic carbocycles. The Kier molecular flexibility index (Phi) is 10.6. The fraction of sp³-hybridized carbons (Fsp3) is 0.208. The van der Waals surface area contributed by atoms with Crippen molar-refractivity contribution in [1.82, 2.24) is 4.98 Å². The largest absolute Gasteiger partial charge is 0.390 e. The lowest BCUT2D eigenvalue weighted by molar-refractivity contribution is 0.977. The highest BCUT2D eigenvalue weighted by Crippen LogP contribution is 2.36. The fourth-order valence-corrected chi connectivity index (χ4v) is 3.96.